The number of aliphatic imine (C=N–C) groups is 1. The molecule has 0 radical (unpaired) electrons. The highest BCUT2D eigenvalue weighted by Crippen LogP contribution is 2.20. The van der Waals surface area contributed by atoms with Crippen LogP contribution in [0.15, 0.2) is 84.1 Å². The summed E-state index contributed by atoms with van der Waals surface area (Å²) >= 11 is 0. The number of nitro groups is 1. The van der Waals surface area contributed by atoms with Gasteiger partial charge in [0.15, 0.2) is 0 Å². The predicted octanol–water partition coefficient (Wildman–Crippen LogP) is 6.22. The maximum Gasteiger partial charge on any atom is 0.269 e. The maximum absolute atomic E-state index is 10.8. The minimum atomic E-state index is -0.455. The second-order valence-corrected chi connectivity index (χ2v) is 6.81. The molecule has 3 rings (SSSR count). The zero-order valence-electron chi connectivity index (χ0n) is 17.0. The number of ether oxygens (including phenoxy) is 2. The monoisotopic (exact) mass is 402 g/mol. The molecular weight excluding hydrogens is 380 g/mol. The normalized spacial score (nSPS) is 11.5. The standard InChI is InChI=1S/C24H22N2O4/c1-17-5-4-6-23(15-17)30-24(25-20-8-7-18(2)19(3)16-20)13-14-29-22-11-9-21(10-12-22)26(27)28/h4-16H,1-3H3. The Morgan fingerprint density at radius 2 is 1.70 bits per heavy atom. The van der Waals surface area contributed by atoms with Crippen molar-refractivity contribution >= 4 is 17.3 Å². The van der Waals surface area contributed by atoms with Crippen LogP contribution >= 0.6 is 0 Å². The Bertz CT molecular complexity index is 1100. The molecule has 0 N–H and O–H groups in total. The van der Waals surface area contributed by atoms with Gasteiger partial charge in [-0.15, -0.1) is 0 Å². The first kappa shape index (κ1) is 20.8. The first-order chi connectivity index (χ1) is 14.4. The zero-order valence-corrected chi connectivity index (χ0v) is 17.0. The average Bonchev–Trinajstić information content (AvgIpc) is 2.71. The summed E-state index contributed by atoms with van der Waals surface area (Å²) in [5.41, 5.74) is 4.17. The molecule has 0 atom stereocenters. The Labute approximate surface area is 175 Å². The molecule has 0 aliphatic heterocycles. The van der Waals surface area contributed by atoms with E-state index in [0.717, 1.165) is 16.8 Å². The summed E-state index contributed by atoms with van der Waals surface area (Å²) in [7, 11) is 0. The van der Waals surface area contributed by atoms with E-state index in [1.165, 1.54) is 36.1 Å². The quantitative estimate of drug-likeness (QED) is 0.161. The van der Waals surface area contributed by atoms with E-state index in [-0.39, 0.29) is 5.69 Å². The molecule has 0 saturated heterocycles. The number of rotatable bonds is 6. The molecule has 30 heavy (non-hydrogen) atoms. The molecule has 3 aromatic rings. The molecule has 0 aromatic heterocycles. The van der Waals surface area contributed by atoms with Crippen LogP contribution in [0.1, 0.15) is 16.7 Å². The zero-order chi connectivity index (χ0) is 21.5. The van der Waals surface area contributed by atoms with Crippen molar-refractivity contribution in [2.45, 2.75) is 20.8 Å². The lowest BCUT2D eigenvalue weighted by atomic mass is 10.1. The summed E-state index contributed by atoms with van der Waals surface area (Å²) in [6.07, 6.45) is 3.05. The highest BCUT2D eigenvalue weighted by Gasteiger charge is 2.05. The van der Waals surface area contributed by atoms with Gasteiger partial charge < -0.3 is 9.47 Å². The second kappa shape index (κ2) is 9.52. The fourth-order valence-electron chi connectivity index (χ4n) is 2.63. The van der Waals surface area contributed by atoms with E-state index >= 15 is 0 Å². The second-order valence-electron chi connectivity index (χ2n) is 6.81. The molecule has 152 valence electrons. The number of hydrogen-bond acceptors (Lipinski definition) is 5. The van der Waals surface area contributed by atoms with Crippen LogP contribution < -0.4 is 9.47 Å². The third kappa shape index (κ3) is 5.78. The van der Waals surface area contributed by atoms with Crippen molar-refractivity contribution in [3.05, 3.63) is 106 Å². The van der Waals surface area contributed by atoms with Gasteiger partial charge in [0.1, 0.15) is 11.5 Å². The van der Waals surface area contributed by atoms with Crippen molar-refractivity contribution in [1.82, 2.24) is 0 Å². The van der Waals surface area contributed by atoms with Gasteiger partial charge in [-0.2, -0.15) is 0 Å². The third-order valence-electron chi connectivity index (χ3n) is 4.40. The molecule has 6 nitrogen and oxygen atoms in total. The Kier molecular flexibility index (Phi) is 6.60. The van der Waals surface area contributed by atoms with E-state index in [0.29, 0.717) is 17.4 Å². The Morgan fingerprint density at radius 3 is 2.37 bits per heavy atom. The lowest BCUT2D eigenvalue weighted by molar-refractivity contribution is -0.384. The molecule has 0 aliphatic carbocycles. The van der Waals surface area contributed by atoms with Gasteiger partial charge in [0, 0.05) is 18.2 Å². The van der Waals surface area contributed by atoms with Crippen molar-refractivity contribution in [2.24, 2.45) is 4.99 Å². The lowest BCUT2D eigenvalue weighted by Gasteiger charge is -2.08. The summed E-state index contributed by atoms with van der Waals surface area (Å²) in [6, 6.07) is 19.4. The van der Waals surface area contributed by atoms with Gasteiger partial charge in [0.05, 0.1) is 16.9 Å². The summed E-state index contributed by atoms with van der Waals surface area (Å²) in [5, 5.41) is 10.8. The maximum atomic E-state index is 10.8. The van der Waals surface area contributed by atoms with Crippen LogP contribution in [0.2, 0.25) is 0 Å². The largest absolute Gasteiger partial charge is 0.465 e. The van der Waals surface area contributed by atoms with E-state index in [4.69, 9.17) is 9.47 Å². The van der Waals surface area contributed by atoms with Gasteiger partial charge in [-0.25, -0.2) is 4.99 Å². The first-order valence-corrected chi connectivity index (χ1v) is 9.39. The van der Waals surface area contributed by atoms with E-state index in [9.17, 15) is 10.1 Å². The highest BCUT2D eigenvalue weighted by molar-refractivity contribution is 5.91. The van der Waals surface area contributed by atoms with Gasteiger partial charge in [-0.05, 0) is 73.9 Å². The number of aryl methyl sites for hydroxylation is 3. The van der Waals surface area contributed by atoms with Crippen LogP contribution in [0.3, 0.4) is 0 Å². The van der Waals surface area contributed by atoms with Gasteiger partial charge in [-0.1, -0.05) is 18.2 Å². The van der Waals surface area contributed by atoms with E-state index < -0.39 is 4.92 Å². The molecule has 0 heterocycles. The molecule has 0 unspecified atom stereocenters. The summed E-state index contributed by atoms with van der Waals surface area (Å²) in [5.74, 6) is 1.49. The van der Waals surface area contributed by atoms with Crippen molar-refractivity contribution in [1.29, 1.82) is 0 Å². The minimum absolute atomic E-state index is 0.00565. The van der Waals surface area contributed by atoms with E-state index in [2.05, 4.69) is 4.99 Å². The fourth-order valence-corrected chi connectivity index (χ4v) is 2.63. The first-order valence-electron chi connectivity index (χ1n) is 9.39. The molecule has 3 aromatic carbocycles. The molecule has 0 bridgehead atoms. The van der Waals surface area contributed by atoms with Crippen LogP contribution in [-0.2, 0) is 0 Å². The summed E-state index contributed by atoms with van der Waals surface area (Å²) in [6.45, 7) is 6.06. The smallest absolute Gasteiger partial charge is 0.269 e. The fraction of sp³-hybridized carbons (Fsp3) is 0.125. The van der Waals surface area contributed by atoms with Gasteiger partial charge >= 0.3 is 0 Å². The van der Waals surface area contributed by atoms with E-state index in [1.54, 1.807) is 6.08 Å². The Morgan fingerprint density at radius 1 is 0.933 bits per heavy atom. The van der Waals surface area contributed by atoms with Crippen LogP contribution in [-0.4, -0.2) is 10.8 Å². The van der Waals surface area contributed by atoms with Crippen molar-refractivity contribution in [2.75, 3.05) is 0 Å². The number of benzene rings is 3. The van der Waals surface area contributed by atoms with Crippen molar-refractivity contribution < 1.29 is 14.4 Å². The lowest BCUT2D eigenvalue weighted by Crippen LogP contribution is -2.05. The van der Waals surface area contributed by atoms with Crippen molar-refractivity contribution in [3.8, 4) is 11.5 Å². The number of hydrogen-bond donors (Lipinski definition) is 0. The molecule has 6 heteroatoms. The number of non-ortho nitro benzene ring substituents is 1. The third-order valence-corrected chi connectivity index (χ3v) is 4.40. The molecule has 0 spiro atoms. The molecule has 0 aliphatic rings. The van der Waals surface area contributed by atoms with Crippen LogP contribution in [0.25, 0.3) is 0 Å². The highest BCUT2D eigenvalue weighted by atomic mass is 16.6. The Hall–Kier alpha value is -3.93. The minimum Gasteiger partial charge on any atom is -0.465 e. The van der Waals surface area contributed by atoms with Crippen molar-refractivity contribution in [3.63, 3.8) is 0 Å². The molecular formula is C24H22N2O4. The SMILES string of the molecule is Cc1cccc(OC(C=COc2ccc([N+](=O)[O-])cc2)=Nc2ccc(C)c(C)c2)c1. The van der Waals surface area contributed by atoms with Gasteiger partial charge in [0.25, 0.3) is 5.69 Å². The summed E-state index contributed by atoms with van der Waals surface area (Å²) in [4.78, 5) is 14.9. The number of nitro benzene ring substituents is 1. The molecule has 0 amide bonds. The molecule has 0 fully saturated rings. The molecule has 0 saturated carbocycles. The average molecular weight is 402 g/mol. The summed E-state index contributed by atoms with van der Waals surface area (Å²) < 4.78 is 11.5. The van der Waals surface area contributed by atoms with Gasteiger partial charge in [-0.3, -0.25) is 10.1 Å². The van der Waals surface area contributed by atoms with Crippen LogP contribution in [0.5, 0.6) is 11.5 Å². The van der Waals surface area contributed by atoms with Gasteiger partial charge in [0.2, 0.25) is 5.90 Å². The van der Waals surface area contributed by atoms with Crippen LogP contribution in [0, 0.1) is 30.9 Å². The van der Waals surface area contributed by atoms with Crippen LogP contribution in [0.4, 0.5) is 11.4 Å². The number of nitrogens with zero attached hydrogens (tertiary/aromatic N) is 2. The predicted molar refractivity (Wildman–Crippen MR) is 118 cm³/mol. The van der Waals surface area contributed by atoms with E-state index in [1.807, 2.05) is 63.2 Å². The topological polar surface area (TPSA) is 74.0 Å². The Balaban J connectivity index is 1.82.